The smallest absolute Gasteiger partial charge is 0.358 e. The van der Waals surface area contributed by atoms with Crippen LogP contribution >= 0.6 is 0 Å². The minimum atomic E-state index is -4.71. The first kappa shape index (κ1) is 25.2. The van der Waals surface area contributed by atoms with Crippen LogP contribution in [0.3, 0.4) is 0 Å². The van der Waals surface area contributed by atoms with E-state index in [1.54, 1.807) is 23.1 Å². The van der Waals surface area contributed by atoms with Crippen LogP contribution in [0.2, 0.25) is 0 Å². The van der Waals surface area contributed by atoms with E-state index in [-0.39, 0.29) is 29.3 Å². The average Bonchev–Trinajstić information content (AvgIpc) is 3.17. The van der Waals surface area contributed by atoms with Crippen molar-refractivity contribution < 1.29 is 22.8 Å². The highest BCUT2D eigenvalue weighted by Gasteiger charge is 2.43. The SMILES string of the molecule is CC(C)N(C)[C@@H]1CC[C@H](N2CC[C@H](Nc3nc(C(F)(F)F)nc4ccccc34)C2=O)[C@H](NC=O)C1. The molecule has 2 fully saturated rings. The number of likely N-dealkylation sites (tertiary alicyclic amines) is 1. The molecule has 1 aromatic carbocycles. The summed E-state index contributed by atoms with van der Waals surface area (Å²) in [5.41, 5.74) is 0.155. The van der Waals surface area contributed by atoms with E-state index in [2.05, 4.69) is 46.4 Å². The molecule has 2 aromatic rings. The topological polar surface area (TPSA) is 90.5 Å². The first-order valence-corrected chi connectivity index (χ1v) is 11.9. The van der Waals surface area contributed by atoms with Crippen LogP contribution in [0.5, 0.6) is 0 Å². The van der Waals surface area contributed by atoms with Gasteiger partial charge in [0.15, 0.2) is 0 Å². The van der Waals surface area contributed by atoms with Gasteiger partial charge in [0.25, 0.3) is 0 Å². The summed E-state index contributed by atoms with van der Waals surface area (Å²) in [4.78, 5) is 36.1. The van der Waals surface area contributed by atoms with E-state index in [1.165, 1.54) is 6.07 Å². The zero-order valence-electron chi connectivity index (χ0n) is 20.0. The van der Waals surface area contributed by atoms with Gasteiger partial charge in [-0.1, -0.05) is 12.1 Å². The lowest BCUT2D eigenvalue weighted by molar-refractivity contribution is -0.144. The second-order valence-electron chi connectivity index (χ2n) is 9.61. The molecule has 1 aliphatic heterocycles. The van der Waals surface area contributed by atoms with Gasteiger partial charge in [-0.3, -0.25) is 9.59 Å². The molecule has 2 N–H and O–H groups in total. The number of benzene rings is 1. The minimum Gasteiger partial charge on any atom is -0.358 e. The molecule has 11 heteroatoms. The highest BCUT2D eigenvalue weighted by Crippen LogP contribution is 2.33. The number of nitrogens with one attached hydrogen (secondary N) is 2. The lowest BCUT2D eigenvalue weighted by Gasteiger charge is -2.44. The van der Waals surface area contributed by atoms with E-state index in [1.807, 2.05) is 0 Å². The minimum absolute atomic E-state index is 0.00652. The Hall–Kier alpha value is -2.95. The maximum Gasteiger partial charge on any atom is 0.451 e. The summed E-state index contributed by atoms with van der Waals surface area (Å²) < 4.78 is 40.1. The number of aromatic nitrogens is 2. The Morgan fingerprint density at radius 3 is 2.60 bits per heavy atom. The Kier molecular flexibility index (Phi) is 7.16. The molecule has 1 aliphatic carbocycles. The van der Waals surface area contributed by atoms with Crippen LogP contribution in [-0.4, -0.2) is 75.9 Å². The van der Waals surface area contributed by atoms with E-state index in [9.17, 15) is 22.8 Å². The maximum absolute atomic E-state index is 13.4. The average molecular weight is 493 g/mol. The first-order chi connectivity index (χ1) is 16.6. The molecule has 2 aliphatic rings. The third-order valence-electron chi connectivity index (χ3n) is 7.27. The van der Waals surface area contributed by atoms with E-state index in [0.29, 0.717) is 36.8 Å². The highest BCUT2D eigenvalue weighted by molar-refractivity contribution is 5.93. The number of nitrogens with zero attached hydrogens (tertiary/aromatic N) is 4. The van der Waals surface area contributed by atoms with Crippen molar-refractivity contribution in [3.05, 3.63) is 30.1 Å². The second-order valence-corrected chi connectivity index (χ2v) is 9.61. The molecule has 1 aromatic heterocycles. The number of hydrogen-bond acceptors (Lipinski definition) is 6. The highest BCUT2D eigenvalue weighted by atomic mass is 19.4. The largest absolute Gasteiger partial charge is 0.451 e. The molecule has 190 valence electrons. The molecule has 35 heavy (non-hydrogen) atoms. The van der Waals surface area contributed by atoms with Gasteiger partial charge < -0.3 is 20.4 Å². The second kappa shape index (κ2) is 9.96. The number of alkyl halides is 3. The standard InChI is InChI=1S/C24H31F3N6O2/c1-14(2)32(3)15-8-9-20(19(12-15)28-13-34)33-11-10-18(22(33)35)29-21-16-6-4-5-7-17(16)30-23(31-21)24(25,26)27/h4-7,13-15,18-20H,8-12H2,1-3H3,(H,28,34)(H,29,30,31)/t15-,18+,19-,20+/m1/s1. The van der Waals surface area contributed by atoms with Gasteiger partial charge in [-0.15, -0.1) is 0 Å². The summed E-state index contributed by atoms with van der Waals surface area (Å²) in [6.45, 7) is 4.70. The van der Waals surface area contributed by atoms with Crippen LogP contribution in [-0.2, 0) is 15.8 Å². The number of para-hydroxylation sites is 1. The van der Waals surface area contributed by atoms with Gasteiger partial charge in [0.2, 0.25) is 18.1 Å². The van der Waals surface area contributed by atoms with E-state index in [4.69, 9.17) is 0 Å². The summed E-state index contributed by atoms with van der Waals surface area (Å²) in [5.74, 6) is -1.45. The lowest BCUT2D eigenvalue weighted by Crippen LogP contribution is -2.57. The Morgan fingerprint density at radius 2 is 1.91 bits per heavy atom. The number of anilines is 1. The molecule has 0 unspecified atom stereocenters. The summed E-state index contributed by atoms with van der Waals surface area (Å²) in [6, 6.07) is 6.01. The molecular formula is C24H31F3N6O2. The number of rotatable bonds is 7. The van der Waals surface area contributed by atoms with Crippen LogP contribution in [0.25, 0.3) is 10.9 Å². The summed E-state index contributed by atoms with van der Waals surface area (Å²) in [6.07, 6.45) is -1.24. The van der Waals surface area contributed by atoms with Crippen molar-refractivity contribution in [1.82, 2.24) is 25.1 Å². The van der Waals surface area contributed by atoms with Crippen molar-refractivity contribution in [2.45, 2.75) is 75.9 Å². The van der Waals surface area contributed by atoms with E-state index >= 15 is 0 Å². The number of fused-ring (bicyclic) bond motifs is 1. The van der Waals surface area contributed by atoms with Crippen LogP contribution in [0.15, 0.2) is 24.3 Å². The number of carbonyl (C=O) groups excluding carboxylic acids is 2. The maximum atomic E-state index is 13.4. The molecule has 4 atom stereocenters. The quantitative estimate of drug-likeness (QED) is 0.578. The molecule has 0 spiro atoms. The Bertz CT molecular complexity index is 1080. The zero-order valence-corrected chi connectivity index (χ0v) is 20.0. The van der Waals surface area contributed by atoms with Crippen LogP contribution in [0.4, 0.5) is 19.0 Å². The molecule has 1 saturated carbocycles. The summed E-state index contributed by atoms with van der Waals surface area (Å²) in [7, 11) is 2.07. The normalized spacial score (nSPS) is 25.5. The van der Waals surface area contributed by atoms with Crippen LogP contribution < -0.4 is 10.6 Å². The first-order valence-electron chi connectivity index (χ1n) is 11.9. The van der Waals surface area contributed by atoms with Gasteiger partial charge in [-0.25, -0.2) is 9.97 Å². The number of amides is 2. The zero-order chi connectivity index (χ0) is 25.3. The van der Waals surface area contributed by atoms with Gasteiger partial charge in [-0.05, 0) is 58.7 Å². The van der Waals surface area contributed by atoms with Gasteiger partial charge in [0.05, 0.1) is 17.6 Å². The molecule has 1 saturated heterocycles. The molecule has 2 amide bonds. The van der Waals surface area contributed by atoms with Crippen LogP contribution in [0, 0.1) is 0 Å². The van der Waals surface area contributed by atoms with Crippen molar-refractivity contribution in [2.75, 3.05) is 18.9 Å². The number of halogens is 3. The van der Waals surface area contributed by atoms with Gasteiger partial charge >= 0.3 is 6.18 Å². The third-order valence-corrected chi connectivity index (χ3v) is 7.27. The van der Waals surface area contributed by atoms with Gasteiger partial charge in [-0.2, -0.15) is 13.2 Å². The molecule has 0 bridgehead atoms. The summed E-state index contributed by atoms with van der Waals surface area (Å²) in [5, 5.41) is 6.29. The van der Waals surface area contributed by atoms with Crippen molar-refractivity contribution in [3.63, 3.8) is 0 Å². The lowest BCUT2D eigenvalue weighted by atomic mass is 9.84. The Balaban J connectivity index is 1.53. The Morgan fingerprint density at radius 1 is 1.17 bits per heavy atom. The molecule has 8 nitrogen and oxygen atoms in total. The molecule has 0 radical (unpaired) electrons. The predicted molar refractivity (Wildman–Crippen MR) is 126 cm³/mol. The number of carbonyl (C=O) groups is 2. The molecular weight excluding hydrogens is 461 g/mol. The van der Waals surface area contributed by atoms with E-state index in [0.717, 1.165) is 19.3 Å². The fourth-order valence-corrected chi connectivity index (χ4v) is 5.21. The predicted octanol–water partition coefficient (Wildman–Crippen LogP) is 3.04. The Labute approximate surface area is 202 Å². The fourth-order valence-electron chi connectivity index (χ4n) is 5.21. The van der Waals surface area contributed by atoms with E-state index < -0.39 is 18.0 Å². The van der Waals surface area contributed by atoms with Crippen molar-refractivity contribution in [3.8, 4) is 0 Å². The van der Waals surface area contributed by atoms with Gasteiger partial charge in [0, 0.05) is 24.0 Å². The van der Waals surface area contributed by atoms with Crippen molar-refractivity contribution >= 4 is 29.0 Å². The monoisotopic (exact) mass is 492 g/mol. The fraction of sp³-hybridized carbons (Fsp3) is 0.583. The molecule has 4 rings (SSSR count). The van der Waals surface area contributed by atoms with Crippen molar-refractivity contribution in [1.29, 1.82) is 0 Å². The third kappa shape index (κ3) is 5.19. The van der Waals surface area contributed by atoms with Crippen LogP contribution in [0.1, 0.15) is 45.4 Å². The summed E-state index contributed by atoms with van der Waals surface area (Å²) >= 11 is 0. The van der Waals surface area contributed by atoms with Gasteiger partial charge in [0.1, 0.15) is 11.9 Å². The molecule has 2 heterocycles. The van der Waals surface area contributed by atoms with Crippen molar-refractivity contribution in [2.24, 2.45) is 0 Å². The number of hydrogen-bond donors (Lipinski definition) is 2.